The van der Waals surface area contributed by atoms with Crippen LogP contribution in [-0.2, 0) is 14.6 Å². The van der Waals surface area contributed by atoms with E-state index < -0.39 is 15.7 Å². The van der Waals surface area contributed by atoms with Crippen molar-refractivity contribution in [1.29, 1.82) is 0 Å². The summed E-state index contributed by atoms with van der Waals surface area (Å²) in [6.45, 7) is 0.961. The Bertz CT molecular complexity index is 1150. The number of thiazole rings is 1. The van der Waals surface area contributed by atoms with Crippen LogP contribution in [0, 0.1) is 5.82 Å². The largest absolute Gasteiger partial charge is 0.308 e. The summed E-state index contributed by atoms with van der Waals surface area (Å²) in [4.78, 5) is 20.9. The second-order valence-electron chi connectivity index (χ2n) is 6.98. The van der Waals surface area contributed by atoms with Crippen LogP contribution in [0.5, 0.6) is 0 Å². The van der Waals surface area contributed by atoms with Crippen molar-refractivity contribution >= 4 is 54.0 Å². The maximum Gasteiger partial charge on any atom is 0.229 e. The first kappa shape index (κ1) is 22.6. The van der Waals surface area contributed by atoms with Crippen LogP contribution in [0.25, 0.3) is 10.2 Å². The molecule has 0 bridgehead atoms. The Morgan fingerprint density at radius 3 is 2.50 bits per heavy atom. The van der Waals surface area contributed by atoms with Crippen molar-refractivity contribution < 1.29 is 17.6 Å². The van der Waals surface area contributed by atoms with Gasteiger partial charge in [0.05, 0.1) is 20.9 Å². The van der Waals surface area contributed by atoms with Gasteiger partial charge in [0.2, 0.25) is 5.91 Å². The van der Waals surface area contributed by atoms with E-state index in [0.29, 0.717) is 23.2 Å². The van der Waals surface area contributed by atoms with Gasteiger partial charge in [0, 0.05) is 24.5 Å². The molecule has 3 aromatic rings. The van der Waals surface area contributed by atoms with Gasteiger partial charge in [-0.15, -0.1) is 0 Å². The lowest BCUT2D eigenvalue weighted by molar-refractivity contribution is -0.118. The molecule has 1 aromatic heterocycles. The van der Waals surface area contributed by atoms with E-state index in [2.05, 4.69) is 4.98 Å². The summed E-state index contributed by atoms with van der Waals surface area (Å²) in [5.74, 6) is -1.23. The van der Waals surface area contributed by atoms with Crippen LogP contribution in [0.1, 0.15) is 6.42 Å². The third kappa shape index (κ3) is 5.54. The Hall–Kier alpha value is -2.07. The predicted molar refractivity (Wildman–Crippen MR) is 119 cm³/mol. The van der Waals surface area contributed by atoms with Gasteiger partial charge >= 0.3 is 0 Å². The fourth-order valence-corrected chi connectivity index (χ4v) is 5.26. The van der Waals surface area contributed by atoms with Crippen molar-refractivity contribution in [3.05, 3.63) is 53.3 Å². The number of sulfone groups is 1. The summed E-state index contributed by atoms with van der Waals surface area (Å²) in [6, 6.07) is 9.88. The molecule has 1 heterocycles. The number of fused-ring (bicyclic) bond motifs is 1. The van der Waals surface area contributed by atoms with Crippen molar-refractivity contribution in [2.24, 2.45) is 0 Å². The highest BCUT2D eigenvalue weighted by Gasteiger charge is 2.23. The van der Waals surface area contributed by atoms with Gasteiger partial charge in [0.1, 0.15) is 5.82 Å². The van der Waals surface area contributed by atoms with E-state index in [1.165, 1.54) is 28.4 Å². The molecule has 0 saturated carbocycles. The average Bonchev–Trinajstić information content (AvgIpc) is 3.09. The number of hydrogen-bond donors (Lipinski definition) is 0. The number of halogens is 2. The third-order valence-electron chi connectivity index (χ3n) is 4.40. The van der Waals surface area contributed by atoms with Crippen molar-refractivity contribution in [2.45, 2.75) is 11.3 Å². The number of rotatable bonds is 8. The van der Waals surface area contributed by atoms with Crippen molar-refractivity contribution in [3.63, 3.8) is 0 Å². The van der Waals surface area contributed by atoms with Crippen LogP contribution < -0.4 is 4.90 Å². The van der Waals surface area contributed by atoms with E-state index in [4.69, 9.17) is 11.6 Å². The standard InChI is InChI=1S/C20H21ClFN3O3S2/c1-24(2)10-11-25(20-23-17-8-3-14(21)13-18(17)29-20)19(26)9-12-30(27,28)16-6-4-15(22)5-7-16/h3-8,13H,9-12H2,1-2H3. The highest BCUT2D eigenvalue weighted by atomic mass is 35.5. The lowest BCUT2D eigenvalue weighted by Crippen LogP contribution is -2.37. The summed E-state index contributed by atoms with van der Waals surface area (Å²) in [5, 5.41) is 1.08. The molecule has 160 valence electrons. The first-order valence-corrected chi connectivity index (χ1v) is 12.0. The van der Waals surface area contributed by atoms with Crippen LogP contribution in [0.3, 0.4) is 0 Å². The Labute approximate surface area is 183 Å². The lowest BCUT2D eigenvalue weighted by Gasteiger charge is -2.22. The zero-order chi connectivity index (χ0) is 21.9. The van der Waals surface area contributed by atoms with Crippen LogP contribution in [0.4, 0.5) is 9.52 Å². The molecule has 0 aliphatic heterocycles. The molecule has 1 amide bonds. The molecular weight excluding hydrogens is 449 g/mol. The summed E-state index contributed by atoms with van der Waals surface area (Å²) >= 11 is 7.37. The van der Waals surface area contributed by atoms with Gasteiger partial charge in [-0.25, -0.2) is 17.8 Å². The van der Waals surface area contributed by atoms with E-state index in [0.717, 1.165) is 22.3 Å². The lowest BCUT2D eigenvalue weighted by atomic mass is 10.3. The van der Waals surface area contributed by atoms with Gasteiger partial charge in [-0.05, 0) is 56.6 Å². The van der Waals surface area contributed by atoms with Crippen molar-refractivity contribution in [2.75, 3.05) is 37.8 Å². The van der Waals surface area contributed by atoms with E-state index >= 15 is 0 Å². The Kier molecular flexibility index (Phi) is 7.07. The molecule has 2 aromatic carbocycles. The molecule has 0 N–H and O–H groups in total. The minimum absolute atomic E-state index is 0.00818. The molecule has 0 spiro atoms. The Balaban J connectivity index is 1.80. The van der Waals surface area contributed by atoms with Gasteiger partial charge in [0.15, 0.2) is 15.0 Å². The molecule has 30 heavy (non-hydrogen) atoms. The van der Waals surface area contributed by atoms with Crippen molar-refractivity contribution in [3.8, 4) is 0 Å². The van der Waals surface area contributed by atoms with Crippen LogP contribution in [0.15, 0.2) is 47.4 Å². The quantitative estimate of drug-likeness (QED) is 0.469. The van der Waals surface area contributed by atoms with Gasteiger partial charge in [-0.3, -0.25) is 9.69 Å². The topological polar surface area (TPSA) is 70.6 Å². The van der Waals surface area contributed by atoms with Crippen LogP contribution in [-0.4, -0.2) is 57.1 Å². The predicted octanol–water partition coefficient (Wildman–Crippen LogP) is 3.85. The minimum Gasteiger partial charge on any atom is -0.308 e. The van der Waals surface area contributed by atoms with Gasteiger partial charge < -0.3 is 4.90 Å². The first-order valence-electron chi connectivity index (χ1n) is 9.15. The normalized spacial score (nSPS) is 11.9. The number of anilines is 1. The number of carbonyl (C=O) groups is 1. The number of hydrogen-bond acceptors (Lipinski definition) is 6. The monoisotopic (exact) mass is 469 g/mol. The molecular formula is C20H21ClFN3O3S2. The number of carbonyl (C=O) groups excluding carboxylic acids is 1. The smallest absolute Gasteiger partial charge is 0.229 e. The zero-order valence-corrected chi connectivity index (χ0v) is 18.9. The van der Waals surface area contributed by atoms with Crippen LogP contribution in [0.2, 0.25) is 5.02 Å². The summed E-state index contributed by atoms with van der Waals surface area (Å²) in [5.41, 5.74) is 0.723. The zero-order valence-electron chi connectivity index (χ0n) is 16.5. The van der Waals surface area contributed by atoms with Gasteiger partial charge in [-0.1, -0.05) is 22.9 Å². The van der Waals surface area contributed by atoms with Crippen LogP contribution >= 0.6 is 22.9 Å². The molecule has 0 aliphatic carbocycles. The SMILES string of the molecule is CN(C)CCN(C(=O)CCS(=O)(=O)c1ccc(F)cc1)c1nc2ccc(Cl)cc2s1. The molecule has 0 unspecified atom stereocenters. The fraction of sp³-hybridized carbons (Fsp3) is 0.300. The summed E-state index contributed by atoms with van der Waals surface area (Å²) in [6.07, 6.45) is -0.205. The molecule has 0 aliphatic rings. The number of amides is 1. The fourth-order valence-electron chi connectivity index (χ4n) is 2.75. The summed E-state index contributed by atoms with van der Waals surface area (Å²) < 4.78 is 39.0. The summed E-state index contributed by atoms with van der Waals surface area (Å²) in [7, 11) is 0.0690. The van der Waals surface area contributed by atoms with Gasteiger partial charge in [-0.2, -0.15) is 0 Å². The third-order valence-corrected chi connectivity index (χ3v) is 7.41. The Morgan fingerprint density at radius 2 is 1.83 bits per heavy atom. The molecule has 3 rings (SSSR count). The number of likely N-dealkylation sites (N-methyl/N-ethyl adjacent to an activating group) is 1. The number of nitrogens with zero attached hydrogens (tertiary/aromatic N) is 3. The maximum atomic E-state index is 13.1. The molecule has 0 fully saturated rings. The maximum absolute atomic E-state index is 13.1. The number of benzene rings is 2. The average molecular weight is 470 g/mol. The van der Waals surface area contributed by atoms with E-state index in [9.17, 15) is 17.6 Å². The molecule has 0 saturated heterocycles. The van der Waals surface area contributed by atoms with Gasteiger partial charge in [0.25, 0.3) is 0 Å². The van der Waals surface area contributed by atoms with E-state index in [1.54, 1.807) is 18.2 Å². The molecule has 0 atom stereocenters. The first-order chi connectivity index (χ1) is 14.2. The second kappa shape index (κ2) is 9.38. The Morgan fingerprint density at radius 1 is 1.13 bits per heavy atom. The minimum atomic E-state index is -3.71. The molecule has 10 heteroatoms. The highest BCUT2D eigenvalue weighted by molar-refractivity contribution is 7.91. The molecule has 6 nitrogen and oxygen atoms in total. The van der Waals surface area contributed by atoms with Crippen molar-refractivity contribution in [1.82, 2.24) is 9.88 Å². The number of aromatic nitrogens is 1. The van der Waals surface area contributed by atoms with E-state index in [-0.39, 0.29) is 23.0 Å². The molecule has 0 radical (unpaired) electrons. The highest BCUT2D eigenvalue weighted by Crippen LogP contribution is 2.31. The second-order valence-corrected chi connectivity index (χ2v) is 10.5. The van der Waals surface area contributed by atoms with E-state index in [1.807, 2.05) is 19.0 Å².